The van der Waals surface area contributed by atoms with Crippen LogP contribution in [0, 0.1) is 6.92 Å². The second-order valence-corrected chi connectivity index (χ2v) is 5.49. The molecular weight excluding hydrogens is 296 g/mol. The summed E-state index contributed by atoms with van der Waals surface area (Å²) in [6.45, 7) is 5.26. The van der Waals surface area contributed by atoms with Gasteiger partial charge in [0.1, 0.15) is 23.4 Å². The highest BCUT2D eigenvalue weighted by Gasteiger charge is 2.29. The molecule has 0 radical (unpaired) electrons. The van der Waals surface area contributed by atoms with E-state index in [-0.39, 0.29) is 12.0 Å². The third kappa shape index (κ3) is 3.53. The number of aromatic nitrogens is 5. The molecule has 2 aromatic rings. The van der Waals surface area contributed by atoms with E-state index >= 15 is 0 Å². The van der Waals surface area contributed by atoms with Crippen molar-refractivity contribution in [3.8, 4) is 0 Å². The lowest BCUT2D eigenvalue weighted by Crippen LogP contribution is -2.42. The van der Waals surface area contributed by atoms with Gasteiger partial charge in [0.05, 0.1) is 13.2 Å². The minimum Gasteiger partial charge on any atom is -0.366 e. The molecule has 8 heteroatoms. The molecule has 3 heterocycles. The number of aromatic amines is 1. The van der Waals surface area contributed by atoms with Crippen LogP contribution in [0.5, 0.6) is 0 Å². The molecule has 0 aromatic carbocycles. The van der Waals surface area contributed by atoms with Gasteiger partial charge in [-0.05, 0) is 19.4 Å². The van der Waals surface area contributed by atoms with Gasteiger partial charge in [0, 0.05) is 19.2 Å². The second kappa shape index (κ2) is 6.82. The first kappa shape index (κ1) is 15.5. The topological polar surface area (TPSA) is 96.9 Å². The Kier molecular flexibility index (Phi) is 4.61. The van der Waals surface area contributed by atoms with Crippen LogP contribution >= 0.6 is 0 Å². The molecule has 0 bridgehead atoms. The number of rotatable bonds is 4. The average Bonchev–Trinajstić information content (AvgIpc) is 3.03. The molecule has 2 aromatic heterocycles. The summed E-state index contributed by atoms with van der Waals surface area (Å²) < 4.78 is 5.72. The minimum atomic E-state index is -0.308. The van der Waals surface area contributed by atoms with Gasteiger partial charge in [-0.3, -0.25) is 9.89 Å². The molecular formula is C15H20N6O2. The number of hydrogen-bond acceptors (Lipinski definition) is 6. The third-order valence-corrected chi connectivity index (χ3v) is 3.67. The summed E-state index contributed by atoms with van der Waals surface area (Å²) in [7, 11) is 0. The zero-order valence-corrected chi connectivity index (χ0v) is 13.3. The molecule has 23 heavy (non-hydrogen) atoms. The Balaban J connectivity index is 1.71. The Hall–Kier alpha value is -2.35. The molecule has 0 spiro atoms. The van der Waals surface area contributed by atoms with Crippen LogP contribution in [0.3, 0.4) is 0 Å². The number of aryl methyl sites for hydroxylation is 2. The molecule has 1 unspecified atom stereocenters. The van der Waals surface area contributed by atoms with E-state index in [4.69, 9.17) is 4.74 Å². The van der Waals surface area contributed by atoms with Gasteiger partial charge >= 0.3 is 0 Å². The molecule has 8 nitrogen and oxygen atoms in total. The van der Waals surface area contributed by atoms with Crippen molar-refractivity contribution in [3.05, 3.63) is 35.4 Å². The first-order valence-corrected chi connectivity index (χ1v) is 7.79. The van der Waals surface area contributed by atoms with Crippen molar-refractivity contribution in [3.63, 3.8) is 0 Å². The Labute approximate surface area is 134 Å². The molecule has 1 saturated heterocycles. The molecule has 1 amide bonds. The summed E-state index contributed by atoms with van der Waals surface area (Å²) in [6.07, 6.45) is 3.14. The van der Waals surface area contributed by atoms with Gasteiger partial charge in [0.15, 0.2) is 5.82 Å². The van der Waals surface area contributed by atoms with Crippen LogP contribution in [-0.2, 0) is 11.2 Å². The quantitative estimate of drug-likeness (QED) is 0.906. The van der Waals surface area contributed by atoms with Gasteiger partial charge in [-0.1, -0.05) is 6.92 Å². The Morgan fingerprint density at radius 1 is 1.48 bits per heavy atom. The van der Waals surface area contributed by atoms with Gasteiger partial charge in [0.25, 0.3) is 5.91 Å². The van der Waals surface area contributed by atoms with Crippen molar-refractivity contribution >= 4 is 5.91 Å². The Bertz CT molecular complexity index is 686. The normalized spacial score (nSPS) is 18.2. The van der Waals surface area contributed by atoms with E-state index in [1.807, 2.05) is 0 Å². The monoisotopic (exact) mass is 316 g/mol. The van der Waals surface area contributed by atoms with E-state index in [1.165, 1.54) is 0 Å². The first-order valence-electron chi connectivity index (χ1n) is 7.79. The van der Waals surface area contributed by atoms with E-state index in [0.717, 1.165) is 18.7 Å². The van der Waals surface area contributed by atoms with Crippen molar-refractivity contribution in [2.75, 3.05) is 19.7 Å². The van der Waals surface area contributed by atoms with Gasteiger partial charge in [-0.15, -0.1) is 0 Å². The zero-order chi connectivity index (χ0) is 16.2. The van der Waals surface area contributed by atoms with Crippen molar-refractivity contribution < 1.29 is 9.53 Å². The average molecular weight is 316 g/mol. The number of ether oxygens (including phenoxy) is 1. The highest BCUT2D eigenvalue weighted by atomic mass is 16.5. The number of hydrogen-bond donors (Lipinski definition) is 1. The summed E-state index contributed by atoms with van der Waals surface area (Å²) >= 11 is 0. The molecule has 0 saturated carbocycles. The van der Waals surface area contributed by atoms with Crippen LogP contribution in [0.4, 0.5) is 0 Å². The lowest BCUT2D eigenvalue weighted by molar-refractivity contribution is -0.0268. The maximum Gasteiger partial charge on any atom is 0.272 e. The zero-order valence-electron chi connectivity index (χ0n) is 13.3. The van der Waals surface area contributed by atoms with Gasteiger partial charge in [-0.25, -0.2) is 15.0 Å². The Morgan fingerprint density at radius 2 is 2.35 bits per heavy atom. The van der Waals surface area contributed by atoms with Gasteiger partial charge < -0.3 is 9.64 Å². The molecule has 1 aliphatic heterocycles. The van der Waals surface area contributed by atoms with E-state index in [9.17, 15) is 4.79 Å². The molecule has 1 fully saturated rings. The largest absolute Gasteiger partial charge is 0.366 e. The summed E-state index contributed by atoms with van der Waals surface area (Å²) in [5.74, 6) is 1.91. The summed E-state index contributed by atoms with van der Waals surface area (Å²) in [4.78, 5) is 27.0. The first-order chi connectivity index (χ1) is 11.2. The number of nitrogens with one attached hydrogen (secondary N) is 1. The lowest BCUT2D eigenvalue weighted by Gasteiger charge is -2.31. The summed E-state index contributed by atoms with van der Waals surface area (Å²) in [6, 6.07) is 1.63. The minimum absolute atomic E-state index is 0.117. The maximum absolute atomic E-state index is 12.6. The number of morpholine rings is 1. The van der Waals surface area contributed by atoms with E-state index in [0.29, 0.717) is 37.0 Å². The smallest absolute Gasteiger partial charge is 0.272 e. The highest BCUT2D eigenvalue weighted by molar-refractivity contribution is 5.92. The number of nitrogens with zero attached hydrogens (tertiary/aromatic N) is 5. The maximum atomic E-state index is 12.6. The fraction of sp³-hybridized carbons (Fsp3) is 0.533. The second-order valence-electron chi connectivity index (χ2n) is 5.49. The van der Waals surface area contributed by atoms with Crippen LogP contribution in [0.2, 0.25) is 0 Å². The standard InChI is InChI=1S/C15H20N6O2/c1-3-4-13-18-14(20-19-13)12-9-21(7-8-23-12)15(22)11-5-6-16-10(2)17-11/h5-6,12H,3-4,7-9H2,1-2H3,(H,18,19,20). The van der Waals surface area contributed by atoms with Crippen LogP contribution in [-0.4, -0.2) is 55.7 Å². The predicted molar refractivity (Wildman–Crippen MR) is 81.7 cm³/mol. The Morgan fingerprint density at radius 3 is 3.13 bits per heavy atom. The van der Waals surface area contributed by atoms with Crippen molar-refractivity contribution in [2.45, 2.75) is 32.8 Å². The van der Waals surface area contributed by atoms with Crippen LogP contribution < -0.4 is 0 Å². The highest BCUT2D eigenvalue weighted by Crippen LogP contribution is 2.20. The summed E-state index contributed by atoms with van der Waals surface area (Å²) in [5.41, 5.74) is 0.403. The lowest BCUT2D eigenvalue weighted by atomic mass is 10.2. The predicted octanol–water partition coefficient (Wildman–Crippen LogP) is 1.07. The van der Waals surface area contributed by atoms with E-state index in [2.05, 4.69) is 32.1 Å². The molecule has 122 valence electrons. The van der Waals surface area contributed by atoms with Crippen LogP contribution in [0.1, 0.15) is 47.4 Å². The van der Waals surface area contributed by atoms with E-state index in [1.54, 1.807) is 24.1 Å². The van der Waals surface area contributed by atoms with Crippen molar-refractivity contribution in [2.24, 2.45) is 0 Å². The molecule has 0 aliphatic carbocycles. The van der Waals surface area contributed by atoms with Crippen molar-refractivity contribution in [1.29, 1.82) is 0 Å². The fourth-order valence-corrected chi connectivity index (χ4v) is 2.53. The number of H-pyrrole nitrogens is 1. The van der Waals surface area contributed by atoms with E-state index < -0.39 is 0 Å². The fourth-order valence-electron chi connectivity index (χ4n) is 2.53. The number of carbonyl (C=O) groups is 1. The summed E-state index contributed by atoms with van der Waals surface area (Å²) in [5, 5.41) is 7.14. The molecule has 1 aliphatic rings. The van der Waals surface area contributed by atoms with Gasteiger partial charge in [0.2, 0.25) is 0 Å². The van der Waals surface area contributed by atoms with Crippen LogP contribution in [0.25, 0.3) is 0 Å². The SMILES string of the molecule is CCCc1nc(C2CN(C(=O)c3ccnc(C)n3)CCO2)n[nH]1. The molecule has 3 rings (SSSR count). The third-order valence-electron chi connectivity index (χ3n) is 3.67. The van der Waals surface area contributed by atoms with Gasteiger partial charge in [-0.2, -0.15) is 5.10 Å². The molecule has 1 atom stereocenters. The number of carbonyl (C=O) groups excluding carboxylic acids is 1. The number of amides is 1. The van der Waals surface area contributed by atoms with Crippen molar-refractivity contribution in [1.82, 2.24) is 30.0 Å². The molecule has 1 N–H and O–H groups in total. The van der Waals surface area contributed by atoms with Crippen LogP contribution in [0.15, 0.2) is 12.3 Å².